The Morgan fingerprint density at radius 2 is 2.11 bits per heavy atom. The van der Waals surface area contributed by atoms with Gasteiger partial charge in [0.25, 0.3) is 0 Å². The highest BCUT2D eigenvalue weighted by molar-refractivity contribution is 9.10. The summed E-state index contributed by atoms with van der Waals surface area (Å²) < 4.78 is 3.32. The molecule has 1 unspecified atom stereocenters. The van der Waals surface area contributed by atoms with Crippen LogP contribution in [-0.2, 0) is 13.0 Å². The van der Waals surface area contributed by atoms with Gasteiger partial charge < -0.3 is 10.3 Å². The smallest absolute Gasteiger partial charge is 0.141 e. The first-order valence-corrected chi connectivity index (χ1v) is 6.60. The molecule has 0 saturated heterocycles. The molecule has 0 radical (unpaired) electrons. The quantitative estimate of drug-likeness (QED) is 0.874. The minimum absolute atomic E-state index is 0. The lowest BCUT2D eigenvalue weighted by atomic mass is 10.1. The second kappa shape index (κ2) is 5.43. The summed E-state index contributed by atoms with van der Waals surface area (Å²) in [5.41, 5.74) is 8.46. The number of hydrogen-bond acceptors (Lipinski definition) is 2. The molecule has 0 amide bonds. The van der Waals surface area contributed by atoms with Crippen molar-refractivity contribution in [3.63, 3.8) is 0 Å². The SMILES string of the molecule is Cl.NC1CCc2cnc(-c3ccccc3Br)n2C1. The highest BCUT2D eigenvalue weighted by Gasteiger charge is 2.20. The molecule has 1 aromatic heterocycles. The summed E-state index contributed by atoms with van der Waals surface area (Å²) in [5, 5.41) is 0. The molecule has 1 aliphatic heterocycles. The lowest BCUT2D eigenvalue weighted by Crippen LogP contribution is -2.32. The van der Waals surface area contributed by atoms with Crippen molar-refractivity contribution in [2.75, 3.05) is 0 Å². The maximum atomic E-state index is 6.03. The molecular formula is C13H15BrClN3. The Bertz CT molecular complexity index is 553. The summed E-state index contributed by atoms with van der Waals surface area (Å²) in [4.78, 5) is 4.54. The molecule has 18 heavy (non-hydrogen) atoms. The van der Waals surface area contributed by atoms with Gasteiger partial charge in [0.15, 0.2) is 0 Å². The normalized spacial score (nSPS) is 18.0. The van der Waals surface area contributed by atoms with E-state index in [4.69, 9.17) is 5.73 Å². The third kappa shape index (κ3) is 2.32. The van der Waals surface area contributed by atoms with Crippen LogP contribution in [0.15, 0.2) is 34.9 Å². The molecule has 1 atom stereocenters. The molecule has 0 spiro atoms. The molecule has 0 bridgehead atoms. The van der Waals surface area contributed by atoms with E-state index in [-0.39, 0.29) is 18.4 Å². The van der Waals surface area contributed by atoms with Crippen LogP contribution >= 0.6 is 28.3 Å². The summed E-state index contributed by atoms with van der Waals surface area (Å²) in [5.74, 6) is 1.02. The lowest BCUT2D eigenvalue weighted by molar-refractivity contribution is 0.463. The van der Waals surface area contributed by atoms with E-state index in [2.05, 4.69) is 31.5 Å². The Morgan fingerprint density at radius 3 is 2.89 bits per heavy atom. The van der Waals surface area contributed by atoms with Crippen molar-refractivity contribution >= 4 is 28.3 Å². The third-order valence-corrected chi connectivity index (χ3v) is 3.93. The predicted molar refractivity (Wildman–Crippen MR) is 78.9 cm³/mol. The van der Waals surface area contributed by atoms with E-state index < -0.39 is 0 Å². The molecule has 2 aromatic rings. The first kappa shape index (κ1) is 13.6. The van der Waals surface area contributed by atoms with Crippen LogP contribution in [0.1, 0.15) is 12.1 Å². The fourth-order valence-corrected chi connectivity index (χ4v) is 2.79. The Labute approximate surface area is 121 Å². The van der Waals surface area contributed by atoms with Crippen LogP contribution in [0.25, 0.3) is 11.4 Å². The number of halogens is 2. The molecule has 2 heterocycles. The van der Waals surface area contributed by atoms with Crippen molar-refractivity contribution in [2.45, 2.75) is 25.4 Å². The van der Waals surface area contributed by atoms with Gasteiger partial charge in [0.05, 0.1) is 0 Å². The van der Waals surface area contributed by atoms with E-state index in [0.717, 1.165) is 35.2 Å². The topological polar surface area (TPSA) is 43.8 Å². The van der Waals surface area contributed by atoms with Crippen molar-refractivity contribution < 1.29 is 0 Å². The summed E-state index contributed by atoms with van der Waals surface area (Å²) in [6.45, 7) is 0.867. The Balaban J connectivity index is 0.00000120. The fraction of sp³-hybridized carbons (Fsp3) is 0.308. The van der Waals surface area contributed by atoms with Gasteiger partial charge in [-0.25, -0.2) is 4.98 Å². The molecule has 96 valence electrons. The van der Waals surface area contributed by atoms with Crippen molar-refractivity contribution in [2.24, 2.45) is 5.73 Å². The highest BCUT2D eigenvalue weighted by Crippen LogP contribution is 2.29. The zero-order valence-electron chi connectivity index (χ0n) is 9.84. The number of aromatic nitrogens is 2. The van der Waals surface area contributed by atoms with Crippen LogP contribution in [0.4, 0.5) is 0 Å². The summed E-state index contributed by atoms with van der Waals surface area (Å²) in [6, 6.07) is 8.42. The number of fused-ring (bicyclic) bond motifs is 1. The Morgan fingerprint density at radius 1 is 1.33 bits per heavy atom. The van der Waals surface area contributed by atoms with E-state index in [1.165, 1.54) is 5.69 Å². The monoisotopic (exact) mass is 327 g/mol. The van der Waals surface area contributed by atoms with E-state index in [0.29, 0.717) is 0 Å². The van der Waals surface area contributed by atoms with E-state index in [1.54, 1.807) is 0 Å². The predicted octanol–water partition coefficient (Wildman–Crippen LogP) is 3.01. The lowest BCUT2D eigenvalue weighted by Gasteiger charge is -2.22. The van der Waals surface area contributed by atoms with Crippen LogP contribution in [0.3, 0.4) is 0 Å². The molecule has 1 aromatic carbocycles. The van der Waals surface area contributed by atoms with E-state index >= 15 is 0 Å². The molecule has 5 heteroatoms. The first-order chi connectivity index (χ1) is 8.25. The average Bonchev–Trinajstić information content (AvgIpc) is 2.72. The van der Waals surface area contributed by atoms with Crippen LogP contribution in [0.2, 0.25) is 0 Å². The average molecular weight is 329 g/mol. The van der Waals surface area contributed by atoms with E-state index in [9.17, 15) is 0 Å². The van der Waals surface area contributed by atoms with Gasteiger partial charge in [-0.1, -0.05) is 34.1 Å². The van der Waals surface area contributed by atoms with Gasteiger partial charge in [-0.2, -0.15) is 0 Å². The summed E-state index contributed by atoms with van der Waals surface area (Å²) in [6.07, 6.45) is 4.06. The maximum absolute atomic E-state index is 6.03. The van der Waals surface area contributed by atoms with Gasteiger partial charge in [-0.15, -0.1) is 12.4 Å². The van der Waals surface area contributed by atoms with E-state index in [1.807, 2.05) is 24.4 Å². The standard InChI is InChI=1S/C13H14BrN3.ClH/c14-12-4-2-1-3-11(12)13-16-7-10-6-5-9(15)8-17(10)13;/h1-4,7,9H,5-6,8,15H2;1H. The number of nitrogens with zero attached hydrogens (tertiary/aromatic N) is 2. The summed E-state index contributed by atoms with van der Waals surface area (Å²) >= 11 is 3.58. The van der Waals surface area contributed by atoms with Gasteiger partial charge in [0, 0.05) is 34.5 Å². The fourth-order valence-electron chi connectivity index (χ4n) is 2.33. The summed E-state index contributed by atoms with van der Waals surface area (Å²) in [7, 11) is 0. The Hall–Kier alpha value is -0.840. The third-order valence-electron chi connectivity index (χ3n) is 3.24. The van der Waals surface area contributed by atoms with Crippen LogP contribution < -0.4 is 5.73 Å². The highest BCUT2D eigenvalue weighted by atomic mass is 79.9. The minimum Gasteiger partial charge on any atom is -0.327 e. The molecule has 3 nitrogen and oxygen atoms in total. The molecule has 0 saturated carbocycles. The van der Waals surface area contributed by atoms with Crippen LogP contribution in [-0.4, -0.2) is 15.6 Å². The van der Waals surface area contributed by atoms with Crippen molar-refractivity contribution in [1.29, 1.82) is 0 Å². The number of rotatable bonds is 1. The number of aryl methyl sites for hydroxylation is 1. The Kier molecular flexibility index (Phi) is 4.10. The molecular weight excluding hydrogens is 314 g/mol. The van der Waals surface area contributed by atoms with Crippen molar-refractivity contribution in [3.05, 3.63) is 40.6 Å². The van der Waals surface area contributed by atoms with Gasteiger partial charge >= 0.3 is 0 Å². The largest absolute Gasteiger partial charge is 0.327 e. The number of hydrogen-bond donors (Lipinski definition) is 1. The number of imidazole rings is 1. The minimum atomic E-state index is 0. The molecule has 1 aliphatic rings. The first-order valence-electron chi connectivity index (χ1n) is 5.80. The maximum Gasteiger partial charge on any atom is 0.141 e. The molecule has 2 N–H and O–H groups in total. The second-order valence-electron chi connectivity index (χ2n) is 4.46. The molecule has 0 fully saturated rings. The number of nitrogens with two attached hydrogens (primary N) is 1. The zero-order chi connectivity index (χ0) is 11.8. The van der Waals surface area contributed by atoms with Gasteiger partial charge in [0.2, 0.25) is 0 Å². The number of benzene rings is 1. The molecule has 0 aliphatic carbocycles. The van der Waals surface area contributed by atoms with Crippen molar-refractivity contribution in [3.8, 4) is 11.4 Å². The van der Waals surface area contributed by atoms with Gasteiger partial charge in [-0.3, -0.25) is 0 Å². The zero-order valence-corrected chi connectivity index (χ0v) is 12.2. The van der Waals surface area contributed by atoms with Crippen molar-refractivity contribution in [1.82, 2.24) is 9.55 Å². The van der Waals surface area contributed by atoms with Gasteiger partial charge in [0.1, 0.15) is 5.82 Å². The van der Waals surface area contributed by atoms with Gasteiger partial charge in [-0.05, 0) is 18.9 Å². The van der Waals surface area contributed by atoms with Crippen LogP contribution in [0.5, 0.6) is 0 Å². The second-order valence-corrected chi connectivity index (χ2v) is 5.32. The van der Waals surface area contributed by atoms with Crippen LogP contribution in [0, 0.1) is 0 Å². The molecule has 3 rings (SSSR count).